The molecule has 0 unspecified atom stereocenters. The number of aryl methyl sites for hydroxylation is 3. The molecule has 0 saturated carbocycles. The summed E-state index contributed by atoms with van der Waals surface area (Å²) in [4.78, 5) is 12.3. The number of hydrogen-bond donors (Lipinski definition) is 1. The van der Waals surface area contributed by atoms with Crippen LogP contribution >= 0.6 is 39.1 Å². The first-order chi connectivity index (χ1) is 12.8. The highest BCUT2D eigenvalue weighted by Gasteiger charge is 2.12. The maximum Gasteiger partial charge on any atom is 0.227 e. The topological polar surface area (TPSA) is 64.7 Å². The number of benzene rings is 1. The van der Waals surface area contributed by atoms with Crippen LogP contribution in [0.15, 0.2) is 34.9 Å². The summed E-state index contributed by atoms with van der Waals surface area (Å²) < 4.78 is 4.23. The van der Waals surface area contributed by atoms with E-state index in [1.165, 1.54) is 0 Å². The van der Waals surface area contributed by atoms with Gasteiger partial charge in [0.25, 0.3) is 0 Å². The number of rotatable bonds is 6. The summed E-state index contributed by atoms with van der Waals surface area (Å²) >= 11 is 15.6. The lowest BCUT2D eigenvalue weighted by atomic mass is 10.2. The number of nitrogens with zero attached hydrogens (tertiary/aromatic N) is 4. The summed E-state index contributed by atoms with van der Waals surface area (Å²) in [5, 5.41) is 12.7. The minimum atomic E-state index is -0.127. The first-order valence-electron chi connectivity index (χ1n) is 8.29. The van der Waals surface area contributed by atoms with Crippen LogP contribution in [0.2, 0.25) is 10.0 Å². The number of carbonyl (C=O) groups is 1. The predicted molar refractivity (Wildman–Crippen MR) is 110 cm³/mol. The quantitative estimate of drug-likeness (QED) is 0.560. The van der Waals surface area contributed by atoms with Gasteiger partial charge in [-0.15, -0.1) is 0 Å². The monoisotopic (exact) mass is 469 g/mol. The fraction of sp³-hybridized carbons (Fsp3) is 0.278. The van der Waals surface area contributed by atoms with Crippen LogP contribution in [0.5, 0.6) is 0 Å². The average Bonchev–Trinajstić information content (AvgIpc) is 3.09. The van der Waals surface area contributed by atoms with Crippen molar-refractivity contribution in [2.45, 2.75) is 33.4 Å². The lowest BCUT2D eigenvalue weighted by Crippen LogP contribution is -2.16. The summed E-state index contributed by atoms with van der Waals surface area (Å²) in [6, 6.07) is 7.31. The molecule has 1 aromatic carbocycles. The van der Waals surface area contributed by atoms with E-state index in [0.29, 0.717) is 39.8 Å². The van der Waals surface area contributed by atoms with Crippen LogP contribution in [0.1, 0.15) is 23.4 Å². The Hall–Kier alpha value is -1.83. The molecule has 0 spiro atoms. The lowest BCUT2D eigenvalue weighted by molar-refractivity contribution is -0.116. The van der Waals surface area contributed by atoms with Crippen LogP contribution in [0, 0.1) is 13.8 Å². The first kappa shape index (κ1) is 19.9. The van der Waals surface area contributed by atoms with E-state index in [1.54, 1.807) is 23.0 Å². The van der Waals surface area contributed by atoms with Crippen LogP contribution in [-0.4, -0.2) is 25.5 Å². The maximum atomic E-state index is 12.3. The molecule has 0 aliphatic rings. The molecule has 0 bridgehead atoms. The van der Waals surface area contributed by atoms with Crippen molar-refractivity contribution < 1.29 is 4.79 Å². The normalized spacial score (nSPS) is 11.0. The second-order valence-corrected chi connectivity index (χ2v) is 7.91. The van der Waals surface area contributed by atoms with Gasteiger partial charge in [0.15, 0.2) is 5.82 Å². The number of halogens is 3. The van der Waals surface area contributed by atoms with Crippen molar-refractivity contribution in [1.82, 2.24) is 19.6 Å². The Kier molecular flexibility index (Phi) is 6.24. The molecular formula is C18H18BrCl2N5O. The molecule has 2 aromatic heterocycles. The molecule has 0 aliphatic carbocycles. The SMILES string of the molecule is Cc1cc(C)n(CCC(=O)Nc2nn(Cc3ccc(Cl)cc3Cl)cc2Br)n1. The molecule has 0 aliphatic heterocycles. The molecule has 0 fully saturated rings. The largest absolute Gasteiger partial charge is 0.308 e. The van der Waals surface area contributed by atoms with Crippen molar-refractivity contribution in [3.8, 4) is 0 Å². The van der Waals surface area contributed by atoms with Gasteiger partial charge >= 0.3 is 0 Å². The van der Waals surface area contributed by atoms with Gasteiger partial charge in [-0.1, -0.05) is 29.3 Å². The van der Waals surface area contributed by atoms with Crippen molar-refractivity contribution >= 4 is 50.9 Å². The summed E-state index contributed by atoms with van der Waals surface area (Å²) in [6.45, 7) is 4.89. The van der Waals surface area contributed by atoms with E-state index in [1.807, 2.05) is 30.7 Å². The number of hydrogen-bond acceptors (Lipinski definition) is 3. The van der Waals surface area contributed by atoms with E-state index in [0.717, 1.165) is 17.0 Å². The van der Waals surface area contributed by atoms with E-state index in [4.69, 9.17) is 23.2 Å². The Morgan fingerprint density at radius 2 is 2.00 bits per heavy atom. The van der Waals surface area contributed by atoms with Gasteiger partial charge in [-0.3, -0.25) is 14.2 Å². The summed E-state index contributed by atoms with van der Waals surface area (Å²) in [7, 11) is 0. The standard InChI is InChI=1S/C18H18BrCl2N5O/c1-11-7-12(2)26(23-11)6-5-17(27)22-18-15(19)10-25(24-18)9-13-3-4-14(20)8-16(13)21/h3-4,7-8,10H,5-6,9H2,1-2H3,(H,22,24,27). The number of nitrogens with one attached hydrogen (secondary N) is 1. The van der Waals surface area contributed by atoms with Gasteiger partial charge in [0.05, 0.1) is 16.7 Å². The zero-order valence-corrected chi connectivity index (χ0v) is 17.9. The Balaban J connectivity index is 1.62. The van der Waals surface area contributed by atoms with E-state index >= 15 is 0 Å². The molecule has 3 aromatic rings. The molecule has 9 heteroatoms. The van der Waals surface area contributed by atoms with E-state index in [-0.39, 0.29) is 5.91 Å². The Morgan fingerprint density at radius 1 is 1.22 bits per heavy atom. The number of anilines is 1. The third-order valence-electron chi connectivity index (χ3n) is 3.98. The van der Waals surface area contributed by atoms with Crippen LogP contribution in [-0.2, 0) is 17.9 Å². The highest BCUT2D eigenvalue weighted by atomic mass is 79.9. The number of amides is 1. The molecule has 3 rings (SSSR count). The van der Waals surface area contributed by atoms with Crippen molar-refractivity contribution in [3.63, 3.8) is 0 Å². The molecule has 0 saturated heterocycles. The molecule has 0 atom stereocenters. The minimum Gasteiger partial charge on any atom is -0.308 e. The van der Waals surface area contributed by atoms with Crippen molar-refractivity contribution in [2.75, 3.05) is 5.32 Å². The fourth-order valence-electron chi connectivity index (χ4n) is 2.69. The molecular weight excluding hydrogens is 453 g/mol. The Labute approximate surface area is 175 Å². The summed E-state index contributed by atoms with van der Waals surface area (Å²) in [5.41, 5.74) is 2.86. The van der Waals surface area contributed by atoms with E-state index in [2.05, 4.69) is 31.4 Å². The predicted octanol–water partition coefficient (Wildman–Crippen LogP) is 4.84. The maximum absolute atomic E-state index is 12.3. The first-order valence-corrected chi connectivity index (χ1v) is 9.84. The Bertz CT molecular complexity index is 982. The van der Waals surface area contributed by atoms with Crippen LogP contribution in [0.4, 0.5) is 5.82 Å². The van der Waals surface area contributed by atoms with E-state index in [9.17, 15) is 4.79 Å². The highest BCUT2D eigenvalue weighted by molar-refractivity contribution is 9.10. The molecule has 1 amide bonds. The zero-order chi connectivity index (χ0) is 19.6. The van der Waals surface area contributed by atoms with E-state index < -0.39 is 0 Å². The number of aromatic nitrogens is 4. The van der Waals surface area contributed by atoms with Gasteiger partial charge in [-0.2, -0.15) is 10.2 Å². The molecule has 142 valence electrons. The van der Waals surface area contributed by atoms with Gasteiger partial charge in [-0.25, -0.2) is 0 Å². The van der Waals surface area contributed by atoms with Crippen LogP contribution in [0.3, 0.4) is 0 Å². The highest BCUT2D eigenvalue weighted by Crippen LogP contribution is 2.24. The van der Waals surface area contributed by atoms with Gasteiger partial charge in [0, 0.05) is 34.9 Å². The second-order valence-electron chi connectivity index (χ2n) is 6.21. The summed E-state index contributed by atoms with van der Waals surface area (Å²) in [5.74, 6) is 0.344. The Morgan fingerprint density at radius 3 is 2.67 bits per heavy atom. The lowest BCUT2D eigenvalue weighted by Gasteiger charge is -2.06. The molecule has 6 nitrogen and oxygen atoms in total. The van der Waals surface area contributed by atoms with Crippen molar-refractivity contribution in [1.29, 1.82) is 0 Å². The van der Waals surface area contributed by atoms with Crippen molar-refractivity contribution in [3.05, 3.63) is 61.9 Å². The van der Waals surface area contributed by atoms with Crippen LogP contribution in [0.25, 0.3) is 0 Å². The third-order valence-corrected chi connectivity index (χ3v) is 5.14. The fourth-order valence-corrected chi connectivity index (χ4v) is 3.57. The van der Waals surface area contributed by atoms with Gasteiger partial charge < -0.3 is 5.32 Å². The zero-order valence-electron chi connectivity index (χ0n) is 14.8. The minimum absolute atomic E-state index is 0.127. The number of carbonyl (C=O) groups excluding carboxylic acids is 1. The summed E-state index contributed by atoms with van der Waals surface area (Å²) in [6.07, 6.45) is 2.10. The average molecular weight is 471 g/mol. The second kappa shape index (κ2) is 8.46. The van der Waals surface area contributed by atoms with Gasteiger partial charge in [0.2, 0.25) is 5.91 Å². The molecule has 1 N–H and O–H groups in total. The third kappa shape index (κ3) is 5.12. The molecule has 0 radical (unpaired) electrons. The van der Waals surface area contributed by atoms with Gasteiger partial charge in [0.1, 0.15) is 0 Å². The molecule has 2 heterocycles. The van der Waals surface area contributed by atoms with Crippen LogP contribution < -0.4 is 5.32 Å². The van der Waals surface area contributed by atoms with Crippen molar-refractivity contribution in [2.24, 2.45) is 0 Å². The smallest absolute Gasteiger partial charge is 0.227 e. The van der Waals surface area contributed by atoms with Gasteiger partial charge in [-0.05, 0) is 53.5 Å². The molecule has 27 heavy (non-hydrogen) atoms.